The lowest BCUT2D eigenvalue weighted by molar-refractivity contribution is -0.753. The summed E-state index contributed by atoms with van der Waals surface area (Å²) >= 11 is 0. The van der Waals surface area contributed by atoms with Gasteiger partial charge in [0.25, 0.3) is 10.1 Å². The Labute approximate surface area is 104 Å². The molecule has 0 aromatic carbocycles. The molecular formula is C10H12N3O4S+. The molecule has 2 heterocycles. The summed E-state index contributed by atoms with van der Waals surface area (Å²) in [4.78, 5) is 3.98. The van der Waals surface area contributed by atoms with Gasteiger partial charge in [-0.25, -0.2) is 4.98 Å². The van der Waals surface area contributed by atoms with E-state index in [0.29, 0.717) is 18.9 Å². The fourth-order valence-corrected chi connectivity index (χ4v) is 1.91. The number of oxazole rings is 1. The fraction of sp³-hybridized carbons (Fsp3) is 0.300. The van der Waals surface area contributed by atoms with Crippen molar-refractivity contribution < 1.29 is 22.1 Å². The summed E-state index contributed by atoms with van der Waals surface area (Å²) in [6, 6.07) is 1.77. The molecule has 0 aliphatic carbocycles. The average molecular weight is 270 g/mol. The lowest BCUT2D eigenvalue weighted by Crippen LogP contribution is -2.38. The van der Waals surface area contributed by atoms with Gasteiger partial charge in [-0.15, -0.1) is 0 Å². The zero-order valence-electron chi connectivity index (χ0n) is 9.43. The minimum absolute atomic E-state index is 0.275. The van der Waals surface area contributed by atoms with Gasteiger partial charge in [0.15, 0.2) is 12.7 Å². The van der Waals surface area contributed by atoms with E-state index in [-0.39, 0.29) is 5.75 Å². The van der Waals surface area contributed by atoms with Crippen LogP contribution < -0.4 is 4.68 Å². The Hall–Kier alpha value is -1.80. The van der Waals surface area contributed by atoms with Crippen LogP contribution in [0.5, 0.6) is 0 Å². The van der Waals surface area contributed by atoms with Gasteiger partial charge in [-0.1, -0.05) is 4.68 Å². The smallest absolute Gasteiger partial charge is 0.265 e. The summed E-state index contributed by atoms with van der Waals surface area (Å²) in [6.45, 7) is 0.408. The van der Waals surface area contributed by atoms with Gasteiger partial charge in [0.2, 0.25) is 5.89 Å². The third-order valence-electron chi connectivity index (χ3n) is 2.24. The molecule has 0 fully saturated rings. The Balaban J connectivity index is 1.96. The first-order valence-corrected chi connectivity index (χ1v) is 6.86. The zero-order valence-corrected chi connectivity index (χ0v) is 10.2. The van der Waals surface area contributed by atoms with Gasteiger partial charge in [-0.05, 0) is 5.10 Å². The van der Waals surface area contributed by atoms with Gasteiger partial charge < -0.3 is 4.42 Å². The van der Waals surface area contributed by atoms with E-state index in [1.165, 1.54) is 6.26 Å². The second-order valence-corrected chi connectivity index (χ2v) is 5.23. The van der Waals surface area contributed by atoms with E-state index in [1.807, 2.05) is 0 Å². The molecule has 2 aromatic rings. The molecule has 0 aliphatic heterocycles. The van der Waals surface area contributed by atoms with E-state index < -0.39 is 10.1 Å². The average Bonchev–Trinajstić information content (AvgIpc) is 2.82. The molecule has 0 amide bonds. The van der Waals surface area contributed by atoms with Crippen molar-refractivity contribution in [2.24, 2.45) is 0 Å². The molecular weight excluding hydrogens is 258 g/mol. The van der Waals surface area contributed by atoms with Crippen molar-refractivity contribution in [3.63, 3.8) is 0 Å². The Bertz CT molecular complexity index is 593. The maximum atomic E-state index is 10.5. The predicted molar refractivity (Wildman–Crippen MR) is 61.0 cm³/mol. The van der Waals surface area contributed by atoms with Gasteiger partial charge in [0.05, 0.1) is 17.5 Å². The standard InChI is InChI=1S/C10H11N3O4S/c14-18(15,16)7-1-4-13-5-2-9(8-12-13)10-11-3-6-17-10/h2-3,5-6,8H,1,4,7H2/p+1. The van der Waals surface area contributed by atoms with E-state index in [2.05, 4.69) is 10.1 Å². The first-order chi connectivity index (χ1) is 8.54. The van der Waals surface area contributed by atoms with Crippen LogP contribution in [0.15, 0.2) is 35.3 Å². The van der Waals surface area contributed by atoms with Gasteiger partial charge in [0, 0.05) is 12.5 Å². The highest BCUT2D eigenvalue weighted by molar-refractivity contribution is 7.85. The summed E-state index contributed by atoms with van der Waals surface area (Å²) in [6.07, 6.45) is 6.60. The number of nitrogens with zero attached hydrogens (tertiary/aromatic N) is 3. The molecule has 0 atom stereocenters. The third-order valence-corrected chi connectivity index (χ3v) is 3.04. The molecule has 0 aliphatic rings. The molecule has 1 N–H and O–H groups in total. The van der Waals surface area contributed by atoms with Crippen molar-refractivity contribution >= 4 is 10.1 Å². The molecule has 0 radical (unpaired) electrons. The van der Waals surface area contributed by atoms with E-state index >= 15 is 0 Å². The lowest BCUT2D eigenvalue weighted by Gasteiger charge is -1.95. The lowest BCUT2D eigenvalue weighted by atomic mass is 10.3. The molecule has 0 saturated carbocycles. The summed E-state index contributed by atoms with van der Waals surface area (Å²) in [5.74, 6) is 0.205. The highest BCUT2D eigenvalue weighted by Gasteiger charge is 2.10. The largest absolute Gasteiger partial charge is 0.444 e. The Kier molecular flexibility index (Phi) is 3.68. The predicted octanol–water partition coefficient (Wildman–Crippen LogP) is 0.302. The monoisotopic (exact) mass is 270 g/mol. The van der Waals surface area contributed by atoms with Gasteiger partial charge in [-0.2, -0.15) is 8.42 Å². The summed E-state index contributed by atoms with van der Waals surface area (Å²) < 4.78 is 36.4. The number of hydrogen-bond acceptors (Lipinski definition) is 5. The van der Waals surface area contributed by atoms with Crippen molar-refractivity contribution in [1.29, 1.82) is 0 Å². The van der Waals surface area contributed by atoms with Crippen LogP contribution in [-0.4, -0.2) is 28.8 Å². The van der Waals surface area contributed by atoms with Gasteiger partial charge in [-0.3, -0.25) is 4.55 Å². The van der Waals surface area contributed by atoms with E-state index in [9.17, 15) is 8.42 Å². The van der Waals surface area contributed by atoms with Crippen LogP contribution in [0.2, 0.25) is 0 Å². The highest BCUT2D eigenvalue weighted by atomic mass is 32.2. The highest BCUT2D eigenvalue weighted by Crippen LogP contribution is 2.13. The second kappa shape index (κ2) is 5.23. The van der Waals surface area contributed by atoms with Gasteiger partial charge >= 0.3 is 0 Å². The van der Waals surface area contributed by atoms with Crippen molar-refractivity contribution in [2.45, 2.75) is 13.0 Å². The molecule has 0 saturated heterocycles. The maximum Gasteiger partial charge on any atom is 0.265 e. The Morgan fingerprint density at radius 1 is 1.44 bits per heavy atom. The van der Waals surface area contributed by atoms with Crippen molar-refractivity contribution in [3.05, 3.63) is 30.9 Å². The van der Waals surface area contributed by atoms with Crippen LogP contribution in [0.25, 0.3) is 11.5 Å². The molecule has 0 unspecified atom stereocenters. The molecule has 2 rings (SSSR count). The molecule has 8 heteroatoms. The topological polar surface area (TPSA) is 97.2 Å². The van der Waals surface area contributed by atoms with E-state index in [4.69, 9.17) is 8.97 Å². The number of aromatic nitrogens is 3. The zero-order chi connectivity index (χ0) is 13.0. The van der Waals surface area contributed by atoms with Crippen LogP contribution in [0.3, 0.4) is 0 Å². The van der Waals surface area contributed by atoms with Crippen molar-refractivity contribution in [2.75, 3.05) is 5.75 Å². The van der Waals surface area contributed by atoms with Crippen LogP contribution in [0.1, 0.15) is 6.42 Å². The van der Waals surface area contributed by atoms with Crippen molar-refractivity contribution in [1.82, 2.24) is 10.1 Å². The van der Waals surface area contributed by atoms with Crippen LogP contribution in [0.4, 0.5) is 0 Å². The Morgan fingerprint density at radius 3 is 2.83 bits per heavy atom. The van der Waals surface area contributed by atoms with Crippen LogP contribution in [0, 0.1) is 0 Å². The minimum Gasteiger partial charge on any atom is -0.444 e. The minimum atomic E-state index is -3.90. The number of aryl methyl sites for hydroxylation is 1. The molecule has 18 heavy (non-hydrogen) atoms. The van der Waals surface area contributed by atoms with Crippen LogP contribution >= 0.6 is 0 Å². The van der Waals surface area contributed by atoms with E-state index in [1.54, 1.807) is 29.3 Å². The molecule has 7 nitrogen and oxygen atoms in total. The van der Waals surface area contributed by atoms with Crippen molar-refractivity contribution in [3.8, 4) is 11.5 Å². The molecule has 0 bridgehead atoms. The van der Waals surface area contributed by atoms with Gasteiger partial charge in [0.1, 0.15) is 12.5 Å². The Morgan fingerprint density at radius 2 is 2.28 bits per heavy atom. The van der Waals surface area contributed by atoms with E-state index in [0.717, 1.165) is 5.56 Å². The van der Waals surface area contributed by atoms with Crippen LogP contribution in [-0.2, 0) is 16.7 Å². The number of hydrogen-bond donors (Lipinski definition) is 1. The summed E-state index contributed by atoms with van der Waals surface area (Å²) in [5, 5.41) is 4.09. The normalized spacial score (nSPS) is 11.6. The molecule has 96 valence electrons. The SMILES string of the molecule is O=S(=O)(O)CCC[n+]1ccc(-c2ncco2)cn1. The first kappa shape index (κ1) is 12.7. The quantitative estimate of drug-likeness (QED) is 0.620. The number of rotatable bonds is 5. The molecule has 2 aromatic heterocycles. The summed E-state index contributed by atoms with van der Waals surface area (Å²) in [5.41, 5.74) is 0.742. The maximum absolute atomic E-state index is 10.5. The second-order valence-electron chi connectivity index (χ2n) is 3.66. The first-order valence-electron chi connectivity index (χ1n) is 5.25. The fourth-order valence-electron chi connectivity index (χ4n) is 1.42. The summed E-state index contributed by atoms with van der Waals surface area (Å²) in [7, 11) is -3.90. The third kappa shape index (κ3) is 3.60. The molecule has 0 spiro atoms.